The van der Waals surface area contributed by atoms with E-state index in [1.807, 2.05) is 0 Å². The van der Waals surface area contributed by atoms with Crippen LogP contribution in [0.5, 0.6) is 0 Å². The van der Waals surface area contributed by atoms with Crippen LogP contribution in [0.15, 0.2) is 255 Å². The Labute approximate surface area is 362 Å². The molecule has 292 valence electrons. The molecule has 0 atom stereocenters. The van der Waals surface area contributed by atoms with E-state index in [4.69, 9.17) is 0 Å². The zero-order valence-electron chi connectivity index (χ0n) is 34.1. The standard InChI is InChI=1S/C60H42N2/c1-4-14-43(15-5-1)44-24-26-45(27-25-44)46-28-34-51(35-29-46)61(49-16-6-2-7-17-49)52-36-30-47(31-37-52)48-32-38-53(39-33-48)62(50-18-8-3-9-19-50)54-40-41-59-57-22-11-10-20-55(57)56-21-12-13-23-58(56)60(59)42-54/h1-42H. The number of hydrogen-bond donors (Lipinski definition) is 0. The van der Waals surface area contributed by atoms with Gasteiger partial charge in [-0.1, -0.05) is 182 Å². The van der Waals surface area contributed by atoms with E-state index < -0.39 is 0 Å². The molecule has 62 heavy (non-hydrogen) atoms. The monoisotopic (exact) mass is 790 g/mol. The second-order valence-electron chi connectivity index (χ2n) is 15.7. The minimum atomic E-state index is 1.10. The van der Waals surface area contributed by atoms with E-state index in [0.29, 0.717) is 0 Å². The molecule has 11 aromatic rings. The molecule has 0 aliphatic carbocycles. The number of fused-ring (bicyclic) bond motifs is 6. The zero-order chi connectivity index (χ0) is 41.2. The van der Waals surface area contributed by atoms with Gasteiger partial charge in [0.1, 0.15) is 0 Å². The fourth-order valence-electron chi connectivity index (χ4n) is 8.98. The molecule has 0 saturated carbocycles. The molecule has 0 unspecified atom stereocenters. The molecule has 0 aliphatic heterocycles. The lowest BCUT2D eigenvalue weighted by Gasteiger charge is -2.26. The first-order valence-electron chi connectivity index (χ1n) is 21.3. The van der Waals surface area contributed by atoms with Gasteiger partial charge in [0.15, 0.2) is 0 Å². The molecule has 0 radical (unpaired) electrons. The highest BCUT2D eigenvalue weighted by molar-refractivity contribution is 6.25. The SMILES string of the molecule is c1ccc(-c2ccc(-c3ccc(N(c4ccccc4)c4ccc(-c5ccc(N(c6ccccc6)c6ccc7c8ccccc8c8ccccc8c7c6)cc5)cc4)cc3)cc2)cc1. The molecule has 0 fully saturated rings. The molecule has 0 N–H and O–H groups in total. The Morgan fingerprint density at radius 3 is 0.790 bits per heavy atom. The smallest absolute Gasteiger partial charge is 0.0468 e. The van der Waals surface area contributed by atoms with Gasteiger partial charge in [-0.25, -0.2) is 0 Å². The van der Waals surface area contributed by atoms with E-state index >= 15 is 0 Å². The number of para-hydroxylation sites is 2. The maximum absolute atomic E-state index is 2.36. The number of rotatable bonds is 9. The van der Waals surface area contributed by atoms with Crippen molar-refractivity contribution in [3.63, 3.8) is 0 Å². The van der Waals surface area contributed by atoms with Crippen molar-refractivity contribution in [2.24, 2.45) is 0 Å². The molecule has 11 rings (SSSR count). The van der Waals surface area contributed by atoms with Crippen molar-refractivity contribution in [1.82, 2.24) is 0 Å². The summed E-state index contributed by atoms with van der Waals surface area (Å²) in [5.41, 5.74) is 13.8. The Morgan fingerprint density at radius 2 is 0.403 bits per heavy atom. The van der Waals surface area contributed by atoms with Crippen molar-refractivity contribution >= 4 is 66.4 Å². The second kappa shape index (κ2) is 16.1. The van der Waals surface area contributed by atoms with Crippen LogP contribution in [0.3, 0.4) is 0 Å². The first kappa shape index (κ1) is 36.8. The van der Waals surface area contributed by atoms with Crippen molar-refractivity contribution in [1.29, 1.82) is 0 Å². The third kappa shape index (κ3) is 6.94. The predicted octanol–water partition coefficient (Wildman–Crippen LogP) is 17.1. The molecule has 0 bridgehead atoms. The Balaban J connectivity index is 0.899. The van der Waals surface area contributed by atoms with E-state index in [9.17, 15) is 0 Å². The van der Waals surface area contributed by atoms with Gasteiger partial charge in [0.2, 0.25) is 0 Å². The molecular formula is C60H42N2. The fraction of sp³-hybridized carbons (Fsp3) is 0. The molecule has 2 heteroatoms. The van der Waals surface area contributed by atoms with Gasteiger partial charge in [-0.15, -0.1) is 0 Å². The Hall–Kier alpha value is -8.20. The summed E-state index contributed by atoms with van der Waals surface area (Å²) in [6.07, 6.45) is 0. The summed E-state index contributed by atoms with van der Waals surface area (Å²) in [6.45, 7) is 0. The van der Waals surface area contributed by atoms with E-state index in [1.165, 1.54) is 54.6 Å². The minimum Gasteiger partial charge on any atom is -0.311 e. The maximum Gasteiger partial charge on any atom is 0.0468 e. The van der Waals surface area contributed by atoms with Crippen LogP contribution in [0.1, 0.15) is 0 Å². The normalized spacial score (nSPS) is 11.2. The summed E-state index contributed by atoms with van der Waals surface area (Å²) < 4.78 is 0. The van der Waals surface area contributed by atoms with Gasteiger partial charge in [-0.05, 0) is 138 Å². The van der Waals surface area contributed by atoms with Crippen LogP contribution < -0.4 is 9.80 Å². The third-order valence-corrected chi connectivity index (χ3v) is 12.0. The summed E-state index contributed by atoms with van der Waals surface area (Å²) in [4.78, 5) is 4.68. The zero-order valence-corrected chi connectivity index (χ0v) is 34.1. The Bertz CT molecular complexity index is 3250. The van der Waals surface area contributed by atoms with Gasteiger partial charge in [0, 0.05) is 34.1 Å². The maximum atomic E-state index is 2.36. The van der Waals surface area contributed by atoms with E-state index in [-0.39, 0.29) is 0 Å². The highest BCUT2D eigenvalue weighted by Crippen LogP contribution is 2.42. The minimum absolute atomic E-state index is 1.10. The predicted molar refractivity (Wildman–Crippen MR) is 265 cm³/mol. The van der Waals surface area contributed by atoms with Crippen molar-refractivity contribution in [3.8, 4) is 33.4 Å². The topological polar surface area (TPSA) is 6.48 Å². The van der Waals surface area contributed by atoms with Crippen LogP contribution in [0.2, 0.25) is 0 Å². The van der Waals surface area contributed by atoms with Crippen LogP contribution in [-0.2, 0) is 0 Å². The molecule has 2 nitrogen and oxygen atoms in total. The van der Waals surface area contributed by atoms with Crippen LogP contribution in [-0.4, -0.2) is 0 Å². The average molecular weight is 791 g/mol. The number of nitrogens with zero attached hydrogens (tertiary/aromatic N) is 2. The lowest BCUT2D eigenvalue weighted by molar-refractivity contribution is 1.28. The summed E-state index contributed by atoms with van der Waals surface area (Å²) in [6, 6.07) is 91.9. The second-order valence-corrected chi connectivity index (χ2v) is 15.7. The largest absolute Gasteiger partial charge is 0.311 e. The quantitative estimate of drug-likeness (QED) is 0.134. The van der Waals surface area contributed by atoms with Crippen LogP contribution in [0, 0.1) is 0 Å². The first-order chi connectivity index (χ1) is 30.7. The summed E-state index contributed by atoms with van der Waals surface area (Å²) in [5, 5.41) is 7.63. The summed E-state index contributed by atoms with van der Waals surface area (Å²) >= 11 is 0. The highest BCUT2D eigenvalue weighted by Gasteiger charge is 2.17. The number of hydrogen-bond acceptors (Lipinski definition) is 2. The molecule has 11 aromatic carbocycles. The van der Waals surface area contributed by atoms with Gasteiger partial charge in [-0.3, -0.25) is 0 Å². The van der Waals surface area contributed by atoms with Crippen LogP contribution in [0.25, 0.3) is 65.7 Å². The Kier molecular flexibility index (Phi) is 9.57. The van der Waals surface area contributed by atoms with Crippen molar-refractivity contribution in [3.05, 3.63) is 255 Å². The summed E-state index contributed by atoms with van der Waals surface area (Å²) in [7, 11) is 0. The van der Waals surface area contributed by atoms with E-state index in [1.54, 1.807) is 0 Å². The third-order valence-electron chi connectivity index (χ3n) is 12.0. The molecular weight excluding hydrogens is 749 g/mol. The highest BCUT2D eigenvalue weighted by atomic mass is 15.1. The van der Waals surface area contributed by atoms with E-state index in [2.05, 4.69) is 265 Å². The molecule has 0 saturated heterocycles. The molecule has 0 amide bonds. The fourth-order valence-corrected chi connectivity index (χ4v) is 8.98. The van der Waals surface area contributed by atoms with Crippen molar-refractivity contribution < 1.29 is 0 Å². The van der Waals surface area contributed by atoms with Crippen LogP contribution >= 0.6 is 0 Å². The van der Waals surface area contributed by atoms with Crippen LogP contribution in [0.4, 0.5) is 34.1 Å². The van der Waals surface area contributed by atoms with Gasteiger partial charge in [0.25, 0.3) is 0 Å². The number of benzene rings is 11. The Morgan fingerprint density at radius 1 is 0.161 bits per heavy atom. The van der Waals surface area contributed by atoms with E-state index in [0.717, 1.165) is 45.3 Å². The molecule has 0 aromatic heterocycles. The molecule has 0 heterocycles. The first-order valence-corrected chi connectivity index (χ1v) is 21.3. The van der Waals surface area contributed by atoms with Gasteiger partial charge in [0.05, 0.1) is 0 Å². The molecule has 0 aliphatic rings. The van der Waals surface area contributed by atoms with Gasteiger partial charge in [-0.2, -0.15) is 0 Å². The average Bonchev–Trinajstić information content (AvgIpc) is 3.36. The van der Waals surface area contributed by atoms with Crippen molar-refractivity contribution in [2.45, 2.75) is 0 Å². The molecule has 0 spiro atoms. The van der Waals surface area contributed by atoms with Gasteiger partial charge >= 0.3 is 0 Å². The lowest BCUT2D eigenvalue weighted by atomic mass is 9.94. The lowest BCUT2D eigenvalue weighted by Crippen LogP contribution is -2.10. The number of anilines is 6. The summed E-state index contributed by atoms with van der Waals surface area (Å²) in [5.74, 6) is 0. The van der Waals surface area contributed by atoms with Gasteiger partial charge < -0.3 is 9.80 Å². The van der Waals surface area contributed by atoms with Crippen molar-refractivity contribution in [2.75, 3.05) is 9.80 Å².